The van der Waals surface area contributed by atoms with Gasteiger partial charge in [0, 0.05) is 11.8 Å². The first-order valence-electron chi connectivity index (χ1n) is 6.58. The summed E-state index contributed by atoms with van der Waals surface area (Å²) in [7, 11) is 0. The van der Waals surface area contributed by atoms with Gasteiger partial charge in [-0.05, 0) is 52.4 Å². The number of hydrogen-bond donors (Lipinski definition) is 1. The number of aromatic nitrogens is 1. The first kappa shape index (κ1) is 10.6. The van der Waals surface area contributed by atoms with Gasteiger partial charge in [-0.15, -0.1) is 0 Å². The van der Waals surface area contributed by atoms with Crippen molar-refractivity contribution in [3.05, 3.63) is 59.8 Å². The van der Waals surface area contributed by atoms with Crippen LogP contribution in [0.3, 0.4) is 0 Å². The lowest BCUT2D eigenvalue weighted by atomic mass is 9.96. The minimum absolute atomic E-state index is 0.565. The van der Waals surface area contributed by atoms with E-state index in [2.05, 4.69) is 35.3 Å². The van der Waals surface area contributed by atoms with Crippen LogP contribution in [0.25, 0.3) is 21.9 Å². The fourth-order valence-corrected chi connectivity index (χ4v) is 3.06. The second-order valence-electron chi connectivity index (χ2n) is 5.08. The molecule has 2 nitrogen and oxygen atoms in total. The Balaban J connectivity index is 2.04. The van der Waals surface area contributed by atoms with Gasteiger partial charge in [0.25, 0.3) is 0 Å². The number of pyridine rings is 1. The highest BCUT2D eigenvalue weighted by atomic mass is 14.8. The van der Waals surface area contributed by atoms with Gasteiger partial charge in [-0.2, -0.15) is 0 Å². The monoisotopic (exact) mass is 246 g/mol. The molecule has 19 heavy (non-hydrogen) atoms. The van der Waals surface area contributed by atoms with Gasteiger partial charge in [-0.25, -0.2) is 4.98 Å². The molecule has 92 valence electrons. The van der Waals surface area contributed by atoms with E-state index in [1.807, 2.05) is 18.3 Å². The van der Waals surface area contributed by atoms with E-state index < -0.39 is 0 Å². The van der Waals surface area contributed by atoms with E-state index in [9.17, 15) is 0 Å². The van der Waals surface area contributed by atoms with Crippen molar-refractivity contribution in [2.45, 2.75) is 12.8 Å². The first-order valence-corrected chi connectivity index (χ1v) is 6.58. The van der Waals surface area contributed by atoms with E-state index >= 15 is 0 Å². The summed E-state index contributed by atoms with van der Waals surface area (Å²) in [4.78, 5) is 4.20. The summed E-state index contributed by atoms with van der Waals surface area (Å²) in [6.07, 6.45) is 4.18. The lowest BCUT2D eigenvalue weighted by Crippen LogP contribution is -1.90. The zero-order valence-electron chi connectivity index (χ0n) is 10.6. The van der Waals surface area contributed by atoms with Crippen molar-refractivity contribution in [1.82, 2.24) is 4.98 Å². The average molecular weight is 246 g/mol. The number of rotatable bonds is 1. The van der Waals surface area contributed by atoms with E-state index in [1.165, 1.54) is 27.5 Å². The molecule has 4 rings (SSSR count). The summed E-state index contributed by atoms with van der Waals surface area (Å²) in [6.45, 7) is 0. The van der Waals surface area contributed by atoms with Crippen molar-refractivity contribution < 1.29 is 0 Å². The Bertz CT molecular complexity index is 763. The van der Waals surface area contributed by atoms with Crippen LogP contribution in [0.5, 0.6) is 0 Å². The molecule has 3 aromatic rings. The minimum Gasteiger partial charge on any atom is -0.384 e. The number of anilines is 1. The molecule has 2 N–H and O–H groups in total. The molecule has 0 saturated carbocycles. The molecular weight excluding hydrogens is 232 g/mol. The summed E-state index contributed by atoms with van der Waals surface area (Å²) in [6, 6.07) is 15.0. The normalized spacial score (nSPS) is 13.1. The van der Waals surface area contributed by atoms with Crippen LogP contribution in [0.2, 0.25) is 0 Å². The van der Waals surface area contributed by atoms with Crippen LogP contribution in [0.4, 0.5) is 5.82 Å². The van der Waals surface area contributed by atoms with Crippen LogP contribution in [-0.4, -0.2) is 4.98 Å². The number of nitrogens with two attached hydrogens (primary N) is 1. The van der Waals surface area contributed by atoms with Crippen molar-refractivity contribution in [2.24, 2.45) is 0 Å². The lowest BCUT2D eigenvalue weighted by Gasteiger charge is -2.09. The van der Waals surface area contributed by atoms with E-state index in [4.69, 9.17) is 5.73 Å². The van der Waals surface area contributed by atoms with Crippen molar-refractivity contribution in [1.29, 1.82) is 0 Å². The molecule has 1 heterocycles. The Morgan fingerprint density at radius 2 is 1.74 bits per heavy atom. The lowest BCUT2D eigenvalue weighted by molar-refractivity contribution is 1.02. The molecule has 0 unspecified atom stereocenters. The third kappa shape index (κ3) is 1.53. The molecule has 0 bridgehead atoms. The van der Waals surface area contributed by atoms with Crippen LogP contribution in [0, 0.1) is 0 Å². The van der Waals surface area contributed by atoms with Gasteiger partial charge in [0.2, 0.25) is 0 Å². The fourth-order valence-electron chi connectivity index (χ4n) is 3.06. The highest BCUT2D eigenvalue weighted by Crippen LogP contribution is 2.36. The molecule has 1 aliphatic carbocycles. The molecule has 2 aromatic carbocycles. The Labute approximate surface area is 111 Å². The second kappa shape index (κ2) is 3.82. The highest BCUT2D eigenvalue weighted by molar-refractivity contribution is 6.01. The van der Waals surface area contributed by atoms with Gasteiger partial charge in [-0.1, -0.05) is 30.3 Å². The van der Waals surface area contributed by atoms with Crippen LogP contribution < -0.4 is 5.73 Å². The van der Waals surface area contributed by atoms with Crippen LogP contribution in [0.1, 0.15) is 11.1 Å². The maximum Gasteiger partial charge on any atom is 0.123 e. The van der Waals surface area contributed by atoms with E-state index in [1.54, 1.807) is 0 Å². The molecule has 1 aromatic heterocycles. The maximum atomic E-state index is 5.66. The Morgan fingerprint density at radius 3 is 2.53 bits per heavy atom. The first-order chi connectivity index (χ1) is 9.33. The zero-order valence-corrected chi connectivity index (χ0v) is 10.6. The predicted molar refractivity (Wildman–Crippen MR) is 79.0 cm³/mol. The van der Waals surface area contributed by atoms with Crippen molar-refractivity contribution >= 4 is 16.6 Å². The predicted octanol–water partition coefficient (Wildman–Crippen LogP) is 3.58. The van der Waals surface area contributed by atoms with E-state index in [0.717, 1.165) is 18.4 Å². The van der Waals surface area contributed by atoms with Gasteiger partial charge >= 0.3 is 0 Å². The standard InChI is InChI=1S/C17H14N2/c18-16-9-7-13(10-19-16)14-8-6-12-5-4-11-2-1-3-15(14)17(11)12/h1-3,6-10H,4-5H2,(H2,18,19). The number of hydrogen-bond acceptors (Lipinski definition) is 2. The SMILES string of the molecule is Nc1ccc(-c2ccc3c4c(cccc24)CC3)cn1. The molecule has 0 spiro atoms. The summed E-state index contributed by atoms with van der Waals surface area (Å²) >= 11 is 0. The molecule has 1 aliphatic rings. The fraction of sp³-hybridized carbons (Fsp3) is 0.118. The highest BCUT2D eigenvalue weighted by Gasteiger charge is 2.16. The summed E-state index contributed by atoms with van der Waals surface area (Å²) in [5.41, 5.74) is 11.0. The Kier molecular flexibility index (Phi) is 2.12. The molecular formula is C17H14N2. The van der Waals surface area contributed by atoms with Crippen molar-refractivity contribution in [3.63, 3.8) is 0 Å². The number of aryl methyl sites for hydroxylation is 2. The quantitative estimate of drug-likeness (QED) is 0.712. The maximum absolute atomic E-state index is 5.66. The zero-order chi connectivity index (χ0) is 12.8. The largest absolute Gasteiger partial charge is 0.384 e. The molecule has 0 fully saturated rings. The minimum atomic E-state index is 0.565. The molecule has 0 amide bonds. The summed E-state index contributed by atoms with van der Waals surface area (Å²) in [5, 5.41) is 2.77. The van der Waals surface area contributed by atoms with E-state index in [0.29, 0.717) is 5.82 Å². The molecule has 2 heteroatoms. The molecule has 0 aliphatic heterocycles. The van der Waals surface area contributed by atoms with Crippen molar-refractivity contribution in [3.8, 4) is 11.1 Å². The smallest absolute Gasteiger partial charge is 0.123 e. The van der Waals surface area contributed by atoms with Gasteiger partial charge < -0.3 is 5.73 Å². The molecule has 0 radical (unpaired) electrons. The number of benzene rings is 2. The van der Waals surface area contributed by atoms with Gasteiger partial charge in [-0.3, -0.25) is 0 Å². The van der Waals surface area contributed by atoms with Crippen LogP contribution >= 0.6 is 0 Å². The second-order valence-corrected chi connectivity index (χ2v) is 5.08. The number of nitrogen functional groups attached to an aromatic ring is 1. The summed E-state index contributed by atoms with van der Waals surface area (Å²) < 4.78 is 0. The summed E-state index contributed by atoms with van der Waals surface area (Å²) in [5.74, 6) is 0.565. The van der Waals surface area contributed by atoms with Crippen LogP contribution in [-0.2, 0) is 12.8 Å². The average Bonchev–Trinajstić information content (AvgIpc) is 2.86. The van der Waals surface area contributed by atoms with Gasteiger partial charge in [0.1, 0.15) is 5.82 Å². The Morgan fingerprint density at radius 1 is 0.895 bits per heavy atom. The van der Waals surface area contributed by atoms with Crippen molar-refractivity contribution in [2.75, 3.05) is 5.73 Å². The Hall–Kier alpha value is -2.35. The number of nitrogens with zero attached hydrogens (tertiary/aromatic N) is 1. The molecule has 0 saturated heterocycles. The van der Waals surface area contributed by atoms with Crippen LogP contribution in [0.15, 0.2) is 48.7 Å². The topological polar surface area (TPSA) is 38.9 Å². The third-order valence-electron chi connectivity index (χ3n) is 3.97. The van der Waals surface area contributed by atoms with Gasteiger partial charge in [0.15, 0.2) is 0 Å². The van der Waals surface area contributed by atoms with E-state index in [-0.39, 0.29) is 0 Å². The molecule has 0 atom stereocenters. The third-order valence-corrected chi connectivity index (χ3v) is 3.97. The van der Waals surface area contributed by atoms with Gasteiger partial charge in [0.05, 0.1) is 0 Å².